The average molecular weight is 250 g/mol. The van der Waals surface area contributed by atoms with Gasteiger partial charge in [-0.2, -0.15) is 5.10 Å². The van der Waals surface area contributed by atoms with Crippen LogP contribution in [0, 0.1) is 0 Å². The van der Waals surface area contributed by atoms with Crippen molar-refractivity contribution >= 4 is 11.6 Å². The lowest BCUT2D eigenvalue weighted by Gasteiger charge is -2.21. The molecule has 1 N–H and O–H groups in total. The van der Waals surface area contributed by atoms with Crippen LogP contribution in [0.15, 0.2) is 12.4 Å². The molecule has 5 nitrogen and oxygen atoms in total. The zero-order chi connectivity index (χ0) is 13.1. The van der Waals surface area contributed by atoms with Crippen LogP contribution in [0.3, 0.4) is 0 Å². The van der Waals surface area contributed by atoms with Gasteiger partial charge in [0.05, 0.1) is 11.9 Å². The topological polar surface area (TPSA) is 50.2 Å². The quantitative estimate of drug-likeness (QED) is 0.865. The molecule has 0 spiro atoms. The molecule has 1 amide bonds. The zero-order valence-electron chi connectivity index (χ0n) is 11.4. The van der Waals surface area contributed by atoms with Crippen molar-refractivity contribution in [2.75, 3.05) is 11.9 Å². The van der Waals surface area contributed by atoms with Crippen molar-refractivity contribution in [2.24, 2.45) is 0 Å². The highest BCUT2D eigenvalue weighted by atomic mass is 16.2. The molecule has 1 fully saturated rings. The lowest BCUT2D eigenvalue weighted by Crippen LogP contribution is -2.37. The van der Waals surface area contributed by atoms with Gasteiger partial charge in [-0.3, -0.25) is 9.48 Å². The van der Waals surface area contributed by atoms with Crippen molar-refractivity contribution in [3.8, 4) is 0 Å². The maximum Gasteiger partial charge on any atom is 0.245 e. The Hall–Kier alpha value is -1.52. The van der Waals surface area contributed by atoms with Crippen molar-refractivity contribution in [1.82, 2.24) is 14.7 Å². The number of aromatic nitrogens is 2. The molecule has 1 atom stereocenters. The third kappa shape index (κ3) is 2.66. The van der Waals surface area contributed by atoms with Crippen LogP contribution in [0.4, 0.5) is 5.69 Å². The number of carbonyl (C=O) groups excluding carboxylic acids is 1. The minimum absolute atomic E-state index is 0.0910. The predicted molar refractivity (Wildman–Crippen MR) is 71.4 cm³/mol. The van der Waals surface area contributed by atoms with Gasteiger partial charge in [0.2, 0.25) is 5.91 Å². The molecular formula is C13H22N4O. The molecule has 2 heterocycles. The van der Waals surface area contributed by atoms with Gasteiger partial charge in [0.25, 0.3) is 0 Å². The molecule has 100 valence electrons. The van der Waals surface area contributed by atoms with Gasteiger partial charge >= 0.3 is 0 Å². The highest BCUT2D eigenvalue weighted by Crippen LogP contribution is 2.18. The van der Waals surface area contributed by atoms with E-state index >= 15 is 0 Å². The Balaban J connectivity index is 1.95. The number of carbonyl (C=O) groups is 1. The molecule has 0 unspecified atom stereocenters. The van der Waals surface area contributed by atoms with Crippen LogP contribution in [0.2, 0.25) is 0 Å². The van der Waals surface area contributed by atoms with E-state index < -0.39 is 0 Å². The summed E-state index contributed by atoms with van der Waals surface area (Å²) in [5.41, 5.74) is 0.937. The van der Waals surface area contributed by atoms with Crippen LogP contribution in [0.5, 0.6) is 0 Å². The third-order valence-corrected chi connectivity index (χ3v) is 3.29. The number of nitrogens with zero attached hydrogens (tertiary/aromatic N) is 3. The third-order valence-electron chi connectivity index (χ3n) is 3.29. The molecule has 1 aliphatic rings. The Morgan fingerprint density at radius 3 is 2.94 bits per heavy atom. The standard InChI is InChI=1S/C13H22N4O/c1-4-6-16-9-11(8-14-16)15-12-5-7-17(10(2)3)13(12)18/h8-10,12,15H,4-7H2,1-3H3/t12-/m0/s1. The fourth-order valence-corrected chi connectivity index (χ4v) is 2.34. The minimum atomic E-state index is -0.0910. The van der Waals surface area contributed by atoms with Crippen molar-refractivity contribution in [3.63, 3.8) is 0 Å². The van der Waals surface area contributed by atoms with Crippen LogP contribution in [-0.4, -0.2) is 39.2 Å². The fourth-order valence-electron chi connectivity index (χ4n) is 2.34. The Kier molecular flexibility index (Phi) is 3.89. The van der Waals surface area contributed by atoms with E-state index in [0.29, 0.717) is 0 Å². The number of nitrogens with one attached hydrogen (secondary N) is 1. The number of aryl methyl sites for hydroxylation is 1. The van der Waals surface area contributed by atoms with E-state index in [2.05, 4.69) is 31.2 Å². The number of hydrogen-bond donors (Lipinski definition) is 1. The second-order valence-electron chi connectivity index (χ2n) is 5.10. The van der Waals surface area contributed by atoms with E-state index in [0.717, 1.165) is 31.6 Å². The summed E-state index contributed by atoms with van der Waals surface area (Å²) in [6.45, 7) is 7.99. The first-order valence-corrected chi connectivity index (χ1v) is 6.71. The molecule has 5 heteroatoms. The van der Waals surface area contributed by atoms with E-state index in [4.69, 9.17) is 0 Å². The molecule has 1 aromatic rings. The highest BCUT2D eigenvalue weighted by Gasteiger charge is 2.32. The van der Waals surface area contributed by atoms with Gasteiger partial charge in [0, 0.05) is 25.3 Å². The second kappa shape index (κ2) is 5.42. The largest absolute Gasteiger partial charge is 0.371 e. The minimum Gasteiger partial charge on any atom is -0.371 e. The molecule has 18 heavy (non-hydrogen) atoms. The molecule has 0 bridgehead atoms. The molecule has 0 radical (unpaired) electrons. The zero-order valence-corrected chi connectivity index (χ0v) is 11.4. The lowest BCUT2D eigenvalue weighted by atomic mass is 10.2. The summed E-state index contributed by atoms with van der Waals surface area (Å²) in [6, 6.07) is 0.193. The van der Waals surface area contributed by atoms with Crippen molar-refractivity contribution in [2.45, 2.75) is 52.2 Å². The maximum atomic E-state index is 12.1. The monoisotopic (exact) mass is 250 g/mol. The second-order valence-corrected chi connectivity index (χ2v) is 5.10. The average Bonchev–Trinajstić information content (AvgIpc) is 2.89. The predicted octanol–water partition coefficient (Wildman–Crippen LogP) is 1.71. The fraction of sp³-hybridized carbons (Fsp3) is 0.692. The smallest absolute Gasteiger partial charge is 0.245 e. The number of amides is 1. The summed E-state index contributed by atoms with van der Waals surface area (Å²) in [5, 5.41) is 7.54. The molecule has 1 aromatic heterocycles. The first-order chi connectivity index (χ1) is 8.61. The van der Waals surface area contributed by atoms with Gasteiger partial charge in [0.1, 0.15) is 6.04 Å². The molecule has 1 saturated heterocycles. The molecule has 2 rings (SSSR count). The number of likely N-dealkylation sites (tertiary alicyclic amines) is 1. The van der Waals surface area contributed by atoms with Crippen LogP contribution in [0.25, 0.3) is 0 Å². The van der Waals surface area contributed by atoms with E-state index in [1.165, 1.54) is 0 Å². The van der Waals surface area contributed by atoms with Gasteiger partial charge in [-0.15, -0.1) is 0 Å². The van der Waals surface area contributed by atoms with Gasteiger partial charge in [0.15, 0.2) is 0 Å². The van der Waals surface area contributed by atoms with Crippen molar-refractivity contribution in [1.29, 1.82) is 0 Å². The first kappa shape index (κ1) is 12.9. The Morgan fingerprint density at radius 2 is 2.33 bits per heavy atom. The van der Waals surface area contributed by atoms with E-state index in [1.54, 1.807) is 6.20 Å². The maximum absolute atomic E-state index is 12.1. The number of rotatable bonds is 5. The van der Waals surface area contributed by atoms with Crippen LogP contribution >= 0.6 is 0 Å². The first-order valence-electron chi connectivity index (χ1n) is 6.71. The molecular weight excluding hydrogens is 228 g/mol. The molecule has 0 aromatic carbocycles. The van der Waals surface area contributed by atoms with Gasteiger partial charge in [-0.1, -0.05) is 6.92 Å². The SMILES string of the molecule is CCCn1cc(N[C@H]2CCN(C(C)C)C2=O)cn1. The highest BCUT2D eigenvalue weighted by molar-refractivity contribution is 5.86. The lowest BCUT2D eigenvalue weighted by molar-refractivity contribution is -0.129. The summed E-state index contributed by atoms with van der Waals surface area (Å²) in [4.78, 5) is 14.0. The van der Waals surface area contributed by atoms with Crippen LogP contribution < -0.4 is 5.32 Å². The summed E-state index contributed by atoms with van der Waals surface area (Å²) in [5.74, 6) is 0.202. The number of anilines is 1. The van der Waals surface area contributed by atoms with Crippen molar-refractivity contribution < 1.29 is 4.79 Å². The molecule has 1 aliphatic heterocycles. The van der Waals surface area contributed by atoms with E-state index in [9.17, 15) is 4.79 Å². The summed E-state index contributed by atoms with van der Waals surface area (Å²) >= 11 is 0. The Morgan fingerprint density at radius 1 is 1.56 bits per heavy atom. The summed E-state index contributed by atoms with van der Waals surface area (Å²) in [6.07, 6.45) is 5.69. The van der Waals surface area contributed by atoms with Crippen molar-refractivity contribution in [3.05, 3.63) is 12.4 Å². The van der Waals surface area contributed by atoms with Gasteiger partial charge < -0.3 is 10.2 Å². The molecule has 0 aliphatic carbocycles. The number of hydrogen-bond acceptors (Lipinski definition) is 3. The molecule has 0 saturated carbocycles. The Bertz CT molecular complexity index is 413. The van der Waals surface area contributed by atoms with Gasteiger partial charge in [-0.05, 0) is 26.7 Å². The van der Waals surface area contributed by atoms with E-state index in [1.807, 2.05) is 15.8 Å². The normalized spacial score (nSPS) is 19.9. The summed E-state index contributed by atoms with van der Waals surface area (Å²) in [7, 11) is 0. The summed E-state index contributed by atoms with van der Waals surface area (Å²) < 4.78 is 1.90. The van der Waals surface area contributed by atoms with Crippen LogP contribution in [0.1, 0.15) is 33.6 Å². The van der Waals surface area contributed by atoms with Crippen LogP contribution in [-0.2, 0) is 11.3 Å². The van der Waals surface area contributed by atoms with Gasteiger partial charge in [-0.25, -0.2) is 0 Å². The van der Waals surface area contributed by atoms with E-state index in [-0.39, 0.29) is 18.0 Å². The Labute approximate surface area is 108 Å².